The first kappa shape index (κ1) is 17.4. The van der Waals surface area contributed by atoms with Gasteiger partial charge in [-0.2, -0.15) is 0 Å². The molecule has 0 spiro atoms. The van der Waals surface area contributed by atoms with Crippen LogP contribution in [0.15, 0.2) is 24.3 Å². The highest BCUT2D eigenvalue weighted by Crippen LogP contribution is 2.41. The molecular formula is C15H20F2O4. The number of carbonyl (C=O) groups is 1. The number of esters is 1. The van der Waals surface area contributed by atoms with E-state index in [9.17, 15) is 18.7 Å². The lowest BCUT2D eigenvalue weighted by Crippen LogP contribution is -2.48. The van der Waals surface area contributed by atoms with Crippen LogP contribution in [0.1, 0.15) is 19.4 Å². The molecule has 1 aromatic carbocycles. The third-order valence-electron chi connectivity index (χ3n) is 3.61. The van der Waals surface area contributed by atoms with Gasteiger partial charge in [0.25, 0.3) is 6.43 Å². The Labute approximate surface area is 122 Å². The van der Waals surface area contributed by atoms with Crippen molar-refractivity contribution >= 4 is 5.97 Å². The molecule has 1 N–H and O–H groups in total. The predicted molar refractivity (Wildman–Crippen MR) is 73.2 cm³/mol. The van der Waals surface area contributed by atoms with Gasteiger partial charge in [-0.15, -0.1) is 0 Å². The molecule has 0 bridgehead atoms. The van der Waals surface area contributed by atoms with E-state index in [0.29, 0.717) is 5.75 Å². The molecule has 0 amide bonds. The highest BCUT2D eigenvalue weighted by Gasteiger charge is 2.51. The van der Waals surface area contributed by atoms with E-state index >= 15 is 0 Å². The molecule has 0 radical (unpaired) electrons. The van der Waals surface area contributed by atoms with E-state index in [0.717, 1.165) is 7.11 Å². The number of benzene rings is 1. The largest absolute Gasteiger partial charge is 0.497 e. The highest BCUT2D eigenvalue weighted by atomic mass is 19.3. The minimum absolute atomic E-state index is 0.217. The van der Waals surface area contributed by atoms with Gasteiger partial charge in [0.2, 0.25) is 0 Å². The van der Waals surface area contributed by atoms with Crippen molar-refractivity contribution in [2.24, 2.45) is 11.8 Å². The fourth-order valence-corrected chi connectivity index (χ4v) is 2.33. The van der Waals surface area contributed by atoms with Gasteiger partial charge in [-0.3, -0.25) is 4.79 Å². The zero-order chi connectivity index (χ0) is 16.2. The van der Waals surface area contributed by atoms with Crippen molar-refractivity contribution < 1.29 is 28.2 Å². The molecule has 118 valence electrons. The van der Waals surface area contributed by atoms with Gasteiger partial charge < -0.3 is 14.6 Å². The van der Waals surface area contributed by atoms with Gasteiger partial charge >= 0.3 is 5.97 Å². The summed E-state index contributed by atoms with van der Waals surface area (Å²) in [6.07, 6.45) is -3.05. The third kappa shape index (κ3) is 3.32. The summed E-state index contributed by atoms with van der Waals surface area (Å²) in [6, 6.07) is 6.03. The molecule has 0 saturated heterocycles. The summed E-state index contributed by atoms with van der Waals surface area (Å²) in [6.45, 7) is 3.14. The van der Waals surface area contributed by atoms with Crippen LogP contribution in [-0.2, 0) is 15.1 Å². The number of hydrogen-bond donors (Lipinski definition) is 1. The Kier molecular flexibility index (Phi) is 5.66. The quantitative estimate of drug-likeness (QED) is 0.821. The van der Waals surface area contributed by atoms with Crippen molar-refractivity contribution in [3.63, 3.8) is 0 Å². The molecule has 6 heteroatoms. The second kappa shape index (κ2) is 6.85. The summed E-state index contributed by atoms with van der Waals surface area (Å²) in [7, 11) is 2.49. The van der Waals surface area contributed by atoms with E-state index in [-0.39, 0.29) is 5.56 Å². The lowest BCUT2D eigenvalue weighted by Gasteiger charge is -2.38. The number of ether oxygens (including phenoxy) is 2. The summed E-state index contributed by atoms with van der Waals surface area (Å²) in [4.78, 5) is 11.7. The SMILES string of the molecule is COC(=O)C(C(F)F)C(O)(c1ccc(OC)cc1)C(C)C. The standard InChI is InChI=1S/C15H20F2O4/c1-9(2)15(19,12(13(16)17)14(18)21-4)10-5-7-11(20-3)8-6-10/h5-9,12-13,19H,1-4H3. The first-order chi connectivity index (χ1) is 9.78. The van der Waals surface area contributed by atoms with Gasteiger partial charge in [0.1, 0.15) is 11.4 Å². The summed E-state index contributed by atoms with van der Waals surface area (Å²) in [5.74, 6) is -3.20. The van der Waals surface area contributed by atoms with Crippen molar-refractivity contribution in [2.75, 3.05) is 14.2 Å². The molecule has 0 aromatic heterocycles. The van der Waals surface area contributed by atoms with E-state index in [4.69, 9.17) is 4.74 Å². The Balaban J connectivity index is 3.37. The van der Waals surface area contributed by atoms with Gasteiger partial charge in [0, 0.05) is 0 Å². The van der Waals surface area contributed by atoms with Crippen molar-refractivity contribution in [1.82, 2.24) is 0 Å². The molecule has 1 aromatic rings. The van der Waals surface area contributed by atoms with Crippen LogP contribution in [0.4, 0.5) is 8.78 Å². The van der Waals surface area contributed by atoms with Crippen LogP contribution in [0.2, 0.25) is 0 Å². The molecule has 0 heterocycles. The van der Waals surface area contributed by atoms with Crippen LogP contribution < -0.4 is 4.74 Å². The Morgan fingerprint density at radius 3 is 2.05 bits per heavy atom. The molecule has 0 fully saturated rings. The van der Waals surface area contributed by atoms with Crippen LogP contribution in [0, 0.1) is 11.8 Å². The molecule has 4 nitrogen and oxygen atoms in total. The number of carbonyl (C=O) groups excluding carboxylic acids is 1. The molecule has 21 heavy (non-hydrogen) atoms. The monoisotopic (exact) mass is 302 g/mol. The Hall–Kier alpha value is -1.69. The van der Waals surface area contributed by atoms with E-state index in [2.05, 4.69) is 4.74 Å². The Morgan fingerprint density at radius 1 is 1.19 bits per heavy atom. The van der Waals surface area contributed by atoms with Crippen LogP contribution in [0.25, 0.3) is 0 Å². The molecule has 0 aliphatic heterocycles. The van der Waals surface area contributed by atoms with Crippen LogP contribution in [-0.4, -0.2) is 31.7 Å². The zero-order valence-electron chi connectivity index (χ0n) is 12.5. The maximum atomic E-state index is 13.3. The second-order valence-corrected chi connectivity index (χ2v) is 5.04. The smallest absolute Gasteiger partial charge is 0.317 e. The zero-order valence-corrected chi connectivity index (χ0v) is 12.5. The summed E-state index contributed by atoms with van der Waals surface area (Å²) < 4.78 is 36.1. The lowest BCUT2D eigenvalue weighted by atomic mass is 9.73. The van der Waals surface area contributed by atoms with Crippen molar-refractivity contribution in [1.29, 1.82) is 0 Å². The topological polar surface area (TPSA) is 55.8 Å². The van der Waals surface area contributed by atoms with E-state index in [1.54, 1.807) is 26.0 Å². The van der Waals surface area contributed by atoms with Gasteiger partial charge in [-0.25, -0.2) is 8.78 Å². The van der Waals surface area contributed by atoms with Gasteiger partial charge in [0.05, 0.1) is 14.2 Å². The number of alkyl halides is 2. The predicted octanol–water partition coefficient (Wildman–Crippen LogP) is 2.59. The molecule has 0 saturated carbocycles. The van der Waals surface area contributed by atoms with Crippen molar-refractivity contribution in [2.45, 2.75) is 25.9 Å². The van der Waals surface area contributed by atoms with Crippen molar-refractivity contribution in [3.8, 4) is 5.75 Å². The first-order valence-corrected chi connectivity index (χ1v) is 6.51. The summed E-state index contributed by atoms with van der Waals surface area (Å²) >= 11 is 0. The average molecular weight is 302 g/mol. The normalized spacial score (nSPS) is 15.7. The lowest BCUT2D eigenvalue weighted by molar-refractivity contribution is -0.176. The first-order valence-electron chi connectivity index (χ1n) is 6.51. The maximum absolute atomic E-state index is 13.3. The number of rotatable bonds is 6. The maximum Gasteiger partial charge on any atom is 0.317 e. The van der Waals surface area contributed by atoms with Crippen LogP contribution in [0.5, 0.6) is 5.75 Å². The van der Waals surface area contributed by atoms with Gasteiger partial charge in [-0.1, -0.05) is 26.0 Å². The molecule has 1 rings (SSSR count). The molecule has 0 aliphatic rings. The summed E-state index contributed by atoms with van der Waals surface area (Å²) in [5.41, 5.74) is -1.82. The number of halogens is 2. The average Bonchev–Trinajstić information content (AvgIpc) is 2.46. The number of hydrogen-bond acceptors (Lipinski definition) is 4. The van der Waals surface area contributed by atoms with Gasteiger partial charge in [-0.05, 0) is 23.6 Å². The van der Waals surface area contributed by atoms with Crippen LogP contribution >= 0.6 is 0 Å². The summed E-state index contributed by atoms with van der Waals surface area (Å²) in [5, 5.41) is 10.8. The fraction of sp³-hybridized carbons (Fsp3) is 0.533. The second-order valence-electron chi connectivity index (χ2n) is 5.04. The van der Waals surface area contributed by atoms with Crippen molar-refractivity contribution in [3.05, 3.63) is 29.8 Å². The number of methoxy groups -OCH3 is 2. The molecule has 0 aliphatic carbocycles. The van der Waals surface area contributed by atoms with E-state index < -0.39 is 29.8 Å². The fourth-order valence-electron chi connectivity index (χ4n) is 2.33. The third-order valence-corrected chi connectivity index (χ3v) is 3.61. The van der Waals surface area contributed by atoms with E-state index in [1.165, 1.54) is 19.2 Å². The minimum Gasteiger partial charge on any atom is -0.497 e. The van der Waals surface area contributed by atoms with Gasteiger partial charge in [0.15, 0.2) is 5.92 Å². The van der Waals surface area contributed by atoms with E-state index in [1.807, 2.05) is 0 Å². The van der Waals surface area contributed by atoms with Crippen LogP contribution in [0.3, 0.4) is 0 Å². The Morgan fingerprint density at radius 2 is 1.71 bits per heavy atom. The minimum atomic E-state index is -3.05. The highest BCUT2D eigenvalue weighted by molar-refractivity contribution is 5.74. The molecular weight excluding hydrogens is 282 g/mol. The molecule has 2 unspecified atom stereocenters. The number of aliphatic hydroxyl groups is 1. The molecule has 2 atom stereocenters. The Bertz CT molecular complexity index is 473.